The Kier molecular flexibility index (Phi) is 5.89. The van der Waals surface area contributed by atoms with Crippen LogP contribution < -0.4 is 10.6 Å². The SMILES string of the molecule is CCCNC(=O)c1c(NC(=O)c2cccc(-c3nnnn3C)c2)sc2c1CCCC2. The summed E-state index contributed by atoms with van der Waals surface area (Å²) < 4.78 is 1.56. The number of rotatable bonds is 6. The van der Waals surface area contributed by atoms with Crippen LogP contribution in [0, 0.1) is 0 Å². The van der Waals surface area contributed by atoms with Crippen molar-refractivity contribution in [1.29, 1.82) is 0 Å². The summed E-state index contributed by atoms with van der Waals surface area (Å²) in [6, 6.07) is 7.15. The van der Waals surface area contributed by atoms with E-state index in [9.17, 15) is 9.59 Å². The maximum atomic E-state index is 13.0. The Hall–Kier alpha value is -3.07. The highest BCUT2D eigenvalue weighted by atomic mass is 32.1. The predicted octanol–water partition coefficient (Wildman–Crippen LogP) is 3.21. The van der Waals surface area contributed by atoms with E-state index in [1.807, 2.05) is 13.0 Å². The second-order valence-corrected chi connectivity index (χ2v) is 8.44. The maximum absolute atomic E-state index is 13.0. The molecule has 0 radical (unpaired) electrons. The van der Waals surface area contributed by atoms with Crippen molar-refractivity contribution in [1.82, 2.24) is 25.5 Å². The first-order valence-corrected chi connectivity index (χ1v) is 11.0. The van der Waals surface area contributed by atoms with Crippen LogP contribution in [-0.2, 0) is 19.9 Å². The molecule has 4 rings (SSSR count). The number of tetrazole rings is 1. The molecule has 0 fully saturated rings. The van der Waals surface area contributed by atoms with Gasteiger partial charge in [-0.25, -0.2) is 4.68 Å². The van der Waals surface area contributed by atoms with Crippen LogP contribution in [0.2, 0.25) is 0 Å². The Morgan fingerprint density at radius 2 is 2.03 bits per heavy atom. The monoisotopic (exact) mass is 424 g/mol. The molecule has 0 aliphatic heterocycles. The lowest BCUT2D eigenvalue weighted by molar-refractivity contribution is 0.0954. The average Bonchev–Trinajstić information content (AvgIpc) is 3.35. The van der Waals surface area contributed by atoms with Gasteiger partial charge >= 0.3 is 0 Å². The molecule has 0 atom stereocenters. The smallest absolute Gasteiger partial charge is 0.256 e. The zero-order valence-electron chi connectivity index (χ0n) is 17.1. The van der Waals surface area contributed by atoms with Crippen LogP contribution in [0.15, 0.2) is 24.3 Å². The lowest BCUT2D eigenvalue weighted by Gasteiger charge is -2.13. The molecule has 8 nitrogen and oxygen atoms in total. The van der Waals surface area contributed by atoms with Gasteiger partial charge in [-0.15, -0.1) is 16.4 Å². The third-order valence-corrected chi connectivity index (χ3v) is 6.37. The molecule has 30 heavy (non-hydrogen) atoms. The minimum absolute atomic E-state index is 0.106. The summed E-state index contributed by atoms with van der Waals surface area (Å²) in [6.45, 7) is 2.64. The van der Waals surface area contributed by atoms with Crippen LogP contribution in [-0.4, -0.2) is 38.6 Å². The van der Waals surface area contributed by atoms with Crippen LogP contribution in [0.3, 0.4) is 0 Å². The van der Waals surface area contributed by atoms with E-state index < -0.39 is 0 Å². The Balaban J connectivity index is 1.63. The molecule has 0 saturated carbocycles. The van der Waals surface area contributed by atoms with Crippen molar-refractivity contribution in [2.45, 2.75) is 39.0 Å². The molecular formula is C21H24N6O2S. The van der Waals surface area contributed by atoms with Crippen molar-refractivity contribution in [3.05, 3.63) is 45.8 Å². The summed E-state index contributed by atoms with van der Waals surface area (Å²) in [4.78, 5) is 27.1. The molecule has 2 heterocycles. The van der Waals surface area contributed by atoms with Crippen molar-refractivity contribution >= 4 is 28.2 Å². The summed E-state index contributed by atoms with van der Waals surface area (Å²) in [5, 5.41) is 18.1. The summed E-state index contributed by atoms with van der Waals surface area (Å²) in [5.74, 6) is 0.219. The number of anilines is 1. The number of thiophene rings is 1. The normalized spacial score (nSPS) is 13.0. The minimum Gasteiger partial charge on any atom is -0.352 e. The second-order valence-electron chi connectivity index (χ2n) is 7.33. The van der Waals surface area contributed by atoms with Crippen molar-refractivity contribution in [3.8, 4) is 11.4 Å². The van der Waals surface area contributed by atoms with E-state index in [-0.39, 0.29) is 11.8 Å². The number of nitrogens with zero attached hydrogens (tertiary/aromatic N) is 4. The number of benzene rings is 1. The Morgan fingerprint density at radius 3 is 2.80 bits per heavy atom. The van der Waals surface area contributed by atoms with Crippen molar-refractivity contribution in [2.24, 2.45) is 7.05 Å². The molecule has 2 N–H and O–H groups in total. The third kappa shape index (κ3) is 3.97. The average molecular weight is 425 g/mol. The molecular weight excluding hydrogens is 400 g/mol. The number of hydrogen-bond donors (Lipinski definition) is 2. The summed E-state index contributed by atoms with van der Waals surface area (Å²) in [6.07, 6.45) is 4.89. The highest BCUT2D eigenvalue weighted by Crippen LogP contribution is 2.38. The number of nitrogens with one attached hydrogen (secondary N) is 2. The number of amides is 2. The number of aryl methyl sites for hydroxylation is 2. The van der Waals surface area contributed by atoms with E-state index in [1.54, 1.807) is 29.9 Å². The number of carbonyl (C=O) groups is 2. The Labute approximate surface area is 178 Å². The van der Waals surface area contributed by atoms with Crippen LogP contribution in [0.25, 0.3) is 11.4 Å². The Morgan fingerprint density at radius 1 is 1.20 bits per heavy atom. The van der Waals surface area contributed by atoms with Crippen molar-refractivity contribution < 1.29 is 9.59 Å². The fourth-order valence-corrected chi connectivity index (χ4v) is 4.95. The van der Waals surface area contributed by atoms with E-state index >= 15 is 0 Å². The molecule has 3 aromatic rings. The third-order valence-electron chi connectivity index (χ3n) is 5.16. The second kappa shape index (κ2) is 8.74. The molecule has 0 saturated heterocycles. The highest BCUT2D eigenvalue weighted by molar-refractivity contribution is 7.17. The van der Waals surface area contributed by atoms with Gasteiger partial charge in [0.15, 0.2) is 5.82 Å². The van der Waals surface area contributed by atoms with E-state index in [1.165, 1.54) is 16.2 Å². The lowest BCUT2D eigenvalue weighted by atomic mass is 9.95. The first-order valence-electron chi connectivity index (χ1n) is 10.2. The molecule has 0 bridgehead atoms. The van der Waals surface area contributed by atoms with Gasteiger partial charge in [-0.3, -0.25) is 9.59 Å². The standard InChI is InChI=1S/C21H24N6O2S/c1-3-11-22-20(29)17-15-9-4-5-10-16(15)30-21(17)23-19(28)14-8-6-7-13(12-14)18-24-25-26-27(18)2/h6-8,12H,3-5,9-11H2,1-2H3,(H,22,29)(H,23,28). The van der Waals surface area contributed by atoms with Crippen molar-refractivity contribution in [2.75, 3.05) is 11.9 Å². The van der Waals surface area contributed by atoms with E-state index in [0.29, 0.717) is 28.5 Å². The fraction of sp³-hybridized carbons (Fsp3) is 0.381. The summed E-state index contributed by atoms with van der Waals surface area (Å²) >= 11 is 1.52. The van der Waals surface area contributed by atoms with E-state index in [0.717, 1.165) is 43.2 Å². The first kappa shape index (κ1) is 20.2. The number of aromatic nitrogens is 4. The van der Waals surface area contributed by atoms with Crippen LogP contribution >= 0.6 is 11.3 Å². The Bertz CT molecular complexity index is 1090. The van der Waals surface area contributed by atoms with Crippen LogP contribution in [0.1, 0.15) is 57.3 Å². The van der Waals surface area contributed by atoms with Gasteiger partial charge in [0.05, 0.1) is 5.56 Å². The molecule has 1 aliphatic rings. The number of hydrogen-bond acceptors (Lipinski definition) is 6. The number of carbonyl (C=O) groups excluding carboxylic acids is 2. The zero-order chi connectivity index (χ0) is 21.1. The molecule has 2 aromatic heterocycles. The molecule has 9 heteroatoms. The first-order chi connectivity index (χ1) is 14.6. The predicted molar refractivity (Wildman–Crippen MR) is 116 cm³/mol. The minimum atomic E-state index is -0.255. The van der Waals surface area contributed by atoms with Gasteiger partial charge < -0.3 is 10.6 Å². The quantitative estimate of drug-likeness (QED) is 0.633. The highest BCUT2D eigenvalue weighted by Gasteiger charge is 2.26. The van der Waals surface area contributed by atoms with Gasteiger partial charge in [-0.2, -0.15) is 0 Å². The largest absolute Gasteiger partial charge is 0.352 e. The van der Waals surface area contributed by atoms with Gasteiger partial charge in [-0.1, -0.05) is 19.1 Å². The van der Waals surface area contributed by atoms with Crippen LogP contribution in [0.4, 0.5) is 5.00 Å². The van der Waals surface area contributed by atoms with Gasteiger partial charge in [-0.05, 0) is 60.2 Å². The number of fused-ring (bicyclic) bond motifs is 1. The maximum Gasteiger partial charge on any atom is 0.256 e. The summed E-state index contributed by atoms with van der Waals surface area (Å²) in [7, 11) is 1.75. The molecule has 156 valence electrons. The molecule has 1 aliphatic carbocycles. The van der Waals surface area contributed by atoms with Gasteiger partial charge in [0, 0.05) is 29.6 Å². The molecule has 1 aromatic carbocycles. The van der Waals surface area contributed by atoms with Gasteiger partial charge in [0.2, 0.25) is 0 Å². The molecule has 2 amide bonds. The summed E-state index contributed by atoms with van der Waals surface area (Å²) in [5.41, 5.74) is 2.96. The van der Waals surface area contributed by atoms with Gasteiger partial charge in [0.1, 0.15) is 5.00 Å². The van der Waals surface area contributed by atoms with Crippen molar-refractivity contribution in [3.63, 3.8) is 0 Å². The molecule has 0 spiro atoms. The van der Waals surface area contributed by atoms with Crippen LogP contribution in [0.5, 0.6) is 0 Å². The fourth-order valence-electron chi connectivity index (χ4n) is 3.67. The topological polar surface area (TPSA) is 102 Å². The van der Waals surface area contributed by atoms with E-state index in [4.69, 9.17) is 0 Å². The van der Waals surface area contributed by atoms with E-state index in [2.05, 4.69) is 26.2 Å². The lowest BCUT2D eigenvalue weighted by Crippen LogP contribution is -2.26. The zero-order valence-corrected chi connectivity index (χ0v) is 17.9. The van der Waals surface area contributed by atoms with Gasteiger partial charge in [0.25, 0.3) is 11.8 Å². The molecule has 0 unspecified atom stereocenters.